The van der Waals surface area contributed by atoms with Crippen LogP contribution in [0, 0.1) is 0 Å². The van der Waals surface area contributed by atoms with Crippen LogP contribution in [-0.4, -0.2) is 38.0 Å². The molecule has 3 aromatic rings. The van der Waals surface area contributed by atoms with Gasteiger partial charge in [-0.15, -0.1) is 10.2 Å². The molecule has 0 aliphatic rings. The first-order valence-electron chi connectivity index (χ1n) is 8.47. The SMILES string of the molecule is CC(C)c1ccccc1OCC(O)Cn1nnc(-c2ccccc2Br)n1. The van der Waals surface area contributed by atoms with E-state index in [0.717, 1.165) is 21.3 Å². The van der Waals surface area contributed by atoms with Crippen LogP contribution in [0.15, 0.2) is 53.0 Å². The van der Waals surface area contributed by atoms with Gasteiger partial charge in [0.2, 0.25) is 5.82 Å². The summed E-state index contributed by atoms with van der Waals surface area (Å²) in [6, 6.07) is 15.5. The van der Waals surface area contributed by atoms with E-state index in [0.29, 0.717) is 11.7 Å². The second-order valence-electron chi connectivity index (χ2n) is 6.31. The molecule has 3 rings (SSSR count). The van der Waals surface area contributed by atoms with E-state index in [9.17, 15) is 5.11 Å². The van der Waals surface area contributed by atoms with Gasteiger partial charge in [-0.05, 0) is 34.9 Å². The molecule has 136 valence electrons. The molecule has 2 aromatic carbocycles. The third-order valence-corrected chi connectivity index (χ3v) is 4.61. The summed E-state index contributed by atoms with van der Waals surface area (Å²) in [7, 11) is 0. The maximum absolute atomic E-state index is 10.3. The molecule has 0 fully saturated rings. The minimum atomic E-state index is -0.739. The van der Waals surface area contributed by atoms with E-state index in [1.807, 2.05) is 48.5 Å². The van der Waals surface area contributed by atoms with Gasteiger partial charge in [-0.2, -0.15) is 4.80 Å². The Kier molecular flexibility index (Phi) is 6.00. The molecule has 0 saturated carbocycles. The Morgan fingerprint density at radius 3 is 2.62 bits per heavy atom. The van der Waals surface area contributed by atoms with Crippen LogP contribution in [0.4, 0.5) is 0 Å². The van der Waals surface area contributed by atoms with Gasteiger partial charge in [0, 0.05) is 10.0 Å². The first-order chi connectivity index (χ1) is 12.5. The van der Waals surface area contributed by atoms with Crippen LogP contribution in [0.3, 0.4) is 0 Å². The van der Waals surface area contributed by atoms with Crippen molar-refractivity contribution >= 4 is 15.9 Å². The highest BCUT2D eigenvalue weighted by Crippen LogP contribution is 2.26. The summed E-state index contributed by atoms with van der Waals surface area (Å²) in [5.74, 6) is 1.66. The van der Waals surface area contributed by atoms with E-state index < -0.39 is 6.10 Å². The summed E-state index contributed by atoms with van der Waals surface area (Å²) < 4.78 is 6.69. The molecular weight excluding hydrogens is 396 g/mol. The maximum Gasteiger partial charge on any atom is 0.206 e. The Labute approximate surface area is 160 Å². The Morgan fingerprint density at radius 2 is 1.85 bits per heavy atom. The fourth-order valence-electron chi connectivity index (χ4n) is 2.59. The van der Waals surface area contributed by atoms with E-state index in [2.05, 4.69) is 45.2 Å². The molecule has 26 heavy (non-hydrogen) atoms. The van der Waals surface area contributed by atoms with Gasteiger partial charge in [0.15, 0.2) is 0 Å². The van der Waals surface area contributed by atoms with Gasteiger partial charge < -0.3 is 9.84 Å². The largest absolute Gasteiger partial charge is 0.491 e. The van der Waals surface area contributed by atoms with E-state index in [1.165, 1.54) is 4.80 Å². The number of aliphatic hydroxyl groups is 1. The number of ether oxygens (including phenoxy) is 1. The molecule has 1 unspecified atom stereocenters. The van der Waals surface area contributed by atoms with Crippen molar-refractivity contribution in [1.82, 2.24) is 20.2 Å². The van der Waals surface area contributed by atoms with Crippen molar-refractivity contribution in [2.24, 2.45) is 0 Å². The highest BCUT2D eigenvalue weighted by molar-refractivity contribution is 9.10. The van der Waals surface area contributed by atoms with Gasteiger partial charge in [-0.1, -0.05) is 60.1 Å². The van der Waals surface area contributed by atoms with E-state index in [4.69, 9.17) is 4.74 Å². The molecule has 7 heteroatoms. The first kappa shape index (κ1) is 18.5. The van der Waals surface area contributed by atoms with Crippen molar-refractivity contribution in [3.63, 3.8) is 0 Å². The first-order valence-corrected chi connectivity index (χ1v) is 9.26. The fraction of sp³-hybridized carbons (Fsp3) is 0.316. The number of hydrogen-bond acceptors (Lipinski definition) is 5. The van der Waals surface area contributed by atoms with Gasteiger partial charge in [0.05, 0.1) is 6.54 Å². The predicted molar refractivity (Wildman–Crippen MR) is 103 cm³/mol. The number of para-hydroxylation sites is 1. The smallest absolute Gasteiger partial charge is 0.206 e. The average molecular weight is 417 g/mol. The molecule has 0 bridgehead atoms. The summed E-state index contributed by atoms with van der Waals surface area (Å²) >= 11 is 3.48. The number of halogens is 1. The van der Waals surface area contributed by atoms with Crippen molar-refractivity contribution in [3.8, 4) is 17.1 Å². The van der Waals surface area contributed by atoms with Gasteiger partial charge in [0.25, 0.3) is 0 Å². The number of benzene rings is 2. The number of tetrazole rings is 1. The van der Waals surface area contributed by atoms with Crippen LogP contribution in [0.25, 0.3) is 11.4 Å². The zero-order valence-electron chi connectivity index (χ0n) is 14.7. The third-order valence-electron chi connectivity index (χ3n) is 3.91. The van der Waals surface area contributed by atoms with Crippen molar-refractivity contribution in [2.75, 3.05) is 6.61 Å². The molecule has 0 aliphatic heterocycles. The Bertz CT molecular complexity index is 866. The summed E-state index contributed by atoms with van der Waals surface area (Å²) in [5, 5.41) is 22.7. The van der Waals surface area contributed by atoms with E-state index in [-0.39, 0.29) is 13.2 Å². The molecule has 1 aromatic heterocycles. The number of nitrogens with zero attached hydrogens (tertiary/aromatic N) is 4. The van der Waals surface area contributed by atoms with Crippen LogP contribution in [0.5, 0.6) is 5.75 Å². The van der Waals surface area contributed by atoms with Crippen LogP contribution in [-0.2, 0) is 6.54 Å². The van der Waals surface area contributed by atoms with Crippen molar-refractivity contribution in [1.29, 1.82) is 0 Å². The van der Waals surface area contributed by atoms with Crippen molar-refractivity contribution < 1.29 is 9.84 Å². The van der Waals surface area contributed by atoms with Gasteiger partial charge in [-0.25, -0.2) is 0 Å². The van der Waals surface area contributed by atoms with Gasteiger partial charge >= 0.3 is 0 Å². The lowest BCUT2D eigenvalue weighted by molar-refractivity contribution is 0.0844. The Balaban J connectivity index is 1.61. The molecule has 0 saturated heterocycles. The second kappa shape index (κ2) is 8.42. The Morgan fingerprint density at radius 1 is 1.12 bits per heavy atom. The fourth-order valence-corrected chi connectivity index (χ4v) is 3.05. The van der Waals surface area contributed by atoms with Crippen LogP contribution >= 0.6 is 15.9 Å². The molecule has 0 aliphatic carbocycles. The lowest BCUT2D eigenvalue weighted by Crippen LogP contribution is -2.25. The molecule has 0 radical (unpaired) electrons. The van der Waals surface area contributed by atoms with Gasteiger partial charge in [0.1, 0.15) is 18.5 Å². The van der Waals surface area contributed by atoms with Crippen molar-refractivity contribution in [3.05, 3.63) is 58.6 Å². The second-order valence-corrected chi connectivity index (χ2v) is 7.16. The molecule has 1 N–H and O–H groups in total. The third kappa shape index (κ3) is 4.47. The minimum absolute atomic E-state index is 0.162. The molecule has 1 atom stereocenters. The summed E-state index contributed by atoms with van der Waals surface area (Å²) in [5.41, 5.74) is 1.98. The lowest BCUT2D eigenvalue weighted by atomic mass is 10.0. The van der Waals surface area contributed by atoms with E-state index in [1.54, 1.807) is 0 Å². The molecule has 6 nitrogen and oxygen atoms in total. The van der Waals surface area contributed by atoms with Crippen LogP contribution < -0.4 is 4.74 Å². The molecule has 0 spiro atoms. The zero-order chi connectivity index (χ0) is 18.5. The highest BCUT2D eigenvalue weighted by atomic mass is 79.9. The predicted octanol–water partition coefficient (Wildman–Crippen LogP) is 3.67. The zero-order valence-corrected chi connectivity index (χ0v) is 16.3. The van der Waals surface area contributed by atoms with Crippen molar-refractivity contribution in [2.45, 2.75) is 32.4 Å². The van der Waals surface area contributed by atoms with Crippen LogP contribution in [0.2, 0.25) is 0 Å². The maximum atomic E-state index is 10.3. The number of aliphatic hydroxyl groups excluding tert-OH is 1. The normalized spacial score (nSPS) is 12.3. The van der Waals surface area contributed by atoms with E-state index >= 15 is 0 Å². The monoisotopic (exact) mass is 416 g/mol. The number of rotatable bonds is 7. The lowest BCUT2D eigenvalue weighted by Gasteiger charge is -2.16. The summed E-state index contributed by atoms with van der Waals surface area (Å²) in [6.07, 6.45) is -0.739. The molecule has 1 heterocycles. The summed E-state index contributed by atoms with van der Waals surface area (Å²) in [4.78, 5) is 1.39. The number of aromatic nitrogens is 4. The molecular formula is C19H21BrN4O2. The highest BCUT2D eigenvalue weighted by Gasteiger charge is 2.14. The number of hydrogen-bond donors (Lipinski definition) is 1. The van der Waals surface area contributed by atoms with Gasteiger partial charge in [-0.3, -0.25) is 0 Å². The standard InChI is InChI=1S/C19H21BrN4O2/c1-13(2)15-7-4-6-10-18(15)26-12-14(25)11-24-22-19(21-23-24)16-8-3-5-9-17(16)20/h3-10,13-14,25H,11-12H2,1-2H3. The topological polar surface area (TPSA) is 73.1 Å². The Hall–Kier alpha value is -2.25. The van der Waals surface area contributed by atoms with Crippen LogP contribution in [0.1, 0.15) is 25.3 Å². The molecule has 0 amide bonds. The minimum Gasteiger partial charge on any atom is -0.491 e. The average Bonchev–Trinajstić information content (AvgIpc) is 3.08. The quantitative estimate of drug-likeness (QED) is 0.635. The summed E-state index contributed by atoms with van der Waals surface area (Å²) in [6.45, 7) is 4.60.